The zero-order valence-corrected chi connectivity index (χ0v) is 61.7. The van der Waals surface area contributed by atoms with Crippen LogP contribution < -0.4 is 14.2 Å². The van der Waals surface area contributed by atoms with E-state index in [1.54, 1.807) is 91.3 Å². The Labute approximate surface area is 636 Å². The molecule has 0 aliphatic carbocycles. The second-order valence-electron chi connectivity index (χ2n) is 28.5. The average molecular weight is 1500 g/mol. The summed E-state index contributed by atoms with van der Waals surface area (Å²) in [5.41, 5.74) is 7.11. The Kier molecular flexibility index (Phi) is 21.1. The predicted octanol–water partition coefficient (Wildman–Crippen LogP) is 15.9. The van der Waals surface area contributed by atoms with Gasteiger partial charge in [0.2, 0.25) is 11.7 Å². The van der Waals surface area contributed by atoms with Crippen LogP contribution in [0.2, 0.25) is 0 Å². The molecule has 21 nitrogen and oxygen atoms in total. The first-order valence-corrected chi connectivity index (χ1v) is 37.1. The summed E-state index contributed by atoms with van der Waals surface area (Å²) in [5.74, 6) is 4.53. The monoisotopic (exact) mass is 1500 g/mol. The molecular formula is C85H79F5N14O7. The maximum absolute atomic E-state index is 15.4. The summed E-state index contributed by atoms with van der Waals surface area (Å²) >= 11 is 0. The number of nitrogens with zero attached hydrogens (tertiary/aromatic N) is 14. The Balaban J connectivity index is 0.000000132. The maximum Gasteiger partial charge on any atom is 0.320 e. The summed E-state index contributed by atoms with van der Waals surface area (Å²) in [6.07, 6.45) is 24.9. The lowest BCUT2D eigenvalue weighted by molar-refractivity contribution is -0.130. The molecule has 12 heterocycles. The Hall–Kier alpha value is -12.4. The van der Waals surface area contributed by atoms with Crippen molar-refractivity contribution in [3.8, 4) is 74.4 Å². The molecule has 26 heteroatoms. The summed E-state index contributed by atoms with van der Waals surface area (Å²) in [6.45, 7) is 7.50. The highest BCUT2D eigenvalue weighted by atomic mass is 19.3. The molecule has 0 N–H and O–H groups in total. The molecule has 0 bridgehead atoms. The fourth-order valence-corrected chi connectivity index (χ4v) is 15.7. The van der Waals surface area contributed by atoms with Crippen LogP contribution in [0, 0.1) is 29.3 Å². The topological polar surface area (TPSA) is 212 Å². The summed E-state index contributed by atoms with van der Waals surface area (Å²) in [5, 5.41) is 0. The Bertz CT molecular complexity index is 5580. The highest BCUT2D eigenvalue weighted by molar-refractivity contribution is 5.98. The number of benzene rings is 5. The minimum atomic E-state index is -3.06. The van der Waals surface area contributed by atoms with Gasteiger partial charge in [-0.05, 0) is 161 Å². The minimum absolute atomic E-state index is 0.0704. The van der Waals surface area contributed by atoms with Gasteiger partial charge in [0.05, 0.1) is 60.1 Å². The van der Waals surface area contributed by atoms with Crippen molar-refractivity contribution < 1.29 is 55.3 Å². The first-order chi connectivity index (χ1) is 53.8. The second-order valence-corrected chi connectivity index (χ2v) is 28.5. The zero-order valence-electron chi connectivity index (χ0n) is 61.7. The number of carbonyl (C=O) groups is 4. The van der Waals surface area contributed by atoms with E-state index >= 15 is 4.39 Å². The molecule has 5 atom stereocenters. The molecule has 7 aromatic heterocycles. The molecule has 3 unspecified atom stereocenters. The van der Waals surface area contributed by atoms with Crippen LogP contribution in [0.15, 0.2) is 177 Å². The molecule has 5 fully saturated rings. The molecule has 5 aliphatic rings. The Morgan fingerprint density at radius 1 is 0.595 bits per heavy atom. The van der Waals surface area contributed by atoms with Gasteiger partial charge in [-0.3, -0.25) is 47.5 Å². The number of hydrogen-bond acceptors (Lipinski definition) is 14. The number of carbonyl (C=O) groups excluding carboxylic acids is 4. The van der Waals surface area contributed by atoms with Crippen molar-refractivity contribution in [1.82, 2.24) is 67.7 Å². The van der Waals surface area contributed by atoms with Gasteiger partial charge in [0.1, 0.15) is 40.5 Å². The molecule has 12 aromatic rings. The molecule has 5 aromatic carbocycles. The van der Waals surface area contributed by atoms with Crippen LogP contribution in [0.5, 0.6) is 28.7 Å². The largest absolute Gasteiger partial charge is 0.494 e. The number of piperidine rings is 2. The highest BCUT2D eigenvalue weighted by Crippen LogP contribution is 2.42. The van der Waals surface area contributed by atoms with Crippen LogP contribution in [0.4, 0.5) is 26.7 Å². The van der Waals surface area contributed by atoms with Gasteiger partial charge in [0.25, 0.3) is 11.8 Å². The highest BCUT2D eigenvalue weighted by Gasteiger charge is 2.41. The standard InChI is InChI=1S/C29H24F3N5O2.C29H30FN5O2.C27H25FN4O3/c1-3-4-26(39)36-11-8-19(17-36)28-35-27(24-16-33-10-12-37(24)28)22-6-5-18(13-23(22)30)25(38)15-21-14-20(7-9-34-21)29(2,31)32;1-3-19-5-4-6-25(26(19)30)37-23-11-8-20(9-12-23)27-24-17-31-14-16-34(24)28(32-27)21-7-10-22-13-15-33(2)29(36)35(22)18-21;1-34-22-3-2-4-23(25(22)28)35-20-10-6-17(7-11-20)26-21-15-29-13-14-31(21)27(30-26)18-5-8-19-9-12-24(33)32(19)16-18/h5-7,9-10,12-14,16,19H,8,11,15,17H2,1-2H3;4-6,8-9,11-12,14,16-17,21-22H,3,7,10,13,15,18H2,1-2H3;2-4,6-7,10-11,13-15,18-19H,5,8-9,12,16H2,1H3/t19-;;18-,19?/m1.1/s1. The van der Waals surface area contributed by atoms with Crippen LogP contribution in [-0.4, -0.2) is 150 Å². The number of aromatic nitrogens is 10. The first-order valence-electron chi connectivity index (χ1n) is 37.1. The van der Waals surface area contributed by atoms with Gasteiger partial charge in [0.15, 0.2) is 28.8 Å². The number of fused-ring (bicyclic) bond motifs is 5. The number of imidazole rings is 3. The van der Waals surface area contributed by atoms with Gasteiger partial charge in [-0.25, -0.2) is 37.3 Å². The fourth-order valence-electron chi connectivity index (χ4n) is 15.7. The number of halogens is 5. The Morgan fingerprint density at radius 2 is 1.14 bits per heavy atom. The van der Waals surface area contributed by atoms with Crippen molar-refractivity contribution in [3.05, 3.63) is 235 Å². The molecule has 0 spiro atoms. The van der Waals surface area contributed by atoms with E-state index in [1.165, 1.54) is 37.6 Å². The molecule has 4 amide bonds. The van der Waals surface area contributed by atoms with Gasteiger partial charge in [0, 0.05) is 160 Å². The van der Waals surface area contributed by atoms with Crippen molar-refractivity contribution in [2.24, 2.45) is 0 Å². The molecule has 0 saturated carbocycles. The number of rotatable bonds is 16. The number of Topliss-reactive ketones (excluding diaryl/α,β-unsaturated/α-hetero) is 1. The zero-order chi connectivity index (χ0) is 77.2. The van der Waals surface area contributed by atoms with Gasteiger partial charge < -0.3 is 33.8 Å². The third-order valence-electron chi connectivity index (χ3n) is 21.5. The molecule has 0 radical (unpaired) electrons. The second kappa shape index (κ2) is 31.7. The first kappa shape index (κ1) is 74.1. The number of amides is 4. The van der Waals surface area contributed by atoms with E-state index < -0.39 is 23.3 Å². The predicted molar refractivity (Wildman–Crippen MR) is 405 cm³/mol. The van der Waals surface area contributed by atoms with E-state index in [2.05, 4.69) is 40.6 Å². The maximum atomic E-state index is 15.4. The summed E-state index contributed by atoms with van der Waals surface area (Å²) < 4.78 is 94.5. The van der Waals surface area contributed by atoms with Crippen molar-refractivity contribution in [3.63, 3.8) is 0 Å². The van der Waals surface area contributed by atoms with Gasteiger partial charge in [-0.15, -0.1) is 0 Å². The van der Waals surface area contributed by atoms with Crippen molar-refractivity contribution in [1.29, 1.82) is 0 Å². The van der Waals surface area contributed by atoms with Crippen LogP contribution in [0.25, 0.3) is 50.3 Å². The molecule has 566 valence electrons. The summed E-state index contributed by atoms with van der Waals surface area (Å²) in [7, 11) is 3.29. The molecule has 17 rings (SSSR count). The van der Waals surface area contributed by atoms with E-state index in [1.807, 2.05) is 94.3 Å². The minimum Gasteiger partial charge on any atom is -0.494 e. The summed E-state index contributed by atoms with van der Waals surface area (Å²) in [4.78, 5) is 89.5. The van der Waals surface area contributed by atoms with Crippen molar-refractivity contribution in [2.45, 2.75) is 121 Å². The number of pyridine rings is 1. The van der Waals surface area contributed by atoms with Crippen LogP contribution in [0.3, 0.4) is 0 Å². The van der Waals surface area contributed by atoms with E-state index in [9.17, 15) is 36.7 Å². The average Bonchev–Trinajstić information content (AvgIpc) is 1.65. The van der Waals surface area contributed by atoms with E-state index in [0.29, 0.717) is 91.6 Å². The van der Waals surface area contributed by atoms with E-state index in [0.717, 1.165) is 103 Å². The summed E-state index contributed by atoms with van der Waals surface area (Å²) in [6, 6.07) is 32.3. The lowest BCUT2D eigenvalue weighted by atomic mass is 9.89. The number of methoxy groups -OCH3 is 1. The number of aryl methyl sites for hydroxylation is 1. The number of likely N-dealkylation sites (tertiary alicyclic amines) is 1. The lowest BCUT2D eigenvalue weighted by Gasteiger charge is -2.45. The molecule has 5 saturated heterocycles. The smallest absolute Gasteiger partial charge is 0.320 e. The van der Waals surface area contributed by atoms with E-state index in [-0.39, 0.29) is 87.5 Å². The SMILES string of the molecule is CC#CC(=O)N1CC[C@@H](c2nc(-c3ccc(C(=O)Cc4cc(C(C)(F)F)ccn4)cc3F)c3cnccn23)C1.CCc1cccc(Oc2ccc(-c3nc(C4CCC5CCN(C)C(=O)N5C4)n4ccncc34)cc2)c1F.COc1cccc(Oc2ccc(-c3nc([C@@H]4CCC5CCC(=O)N5C4)n4ccncc34)cc2)c1F. The van der Waals surface area contributed by atoms with Crippen molar-refractivity contribution >= 4 is 40.2 Å². The number of ether oxygens (including phenoxy) is 3. The molecular weight excluding hydrogens is 1420 g/mol. The van der Waals surface area contributed by atoms with Crippen LogP contribution in [-0.2, 0) is 28.4 Å². The number of hydrogen-bond donors (Lipinski definition) is 0. The Morgan fingerprint density at radius 3 is 1.72 bits per heavy atom. The number of ketones is 1. The van der Waals surface area contributed by atoms with Gasteiger partial charge in [-0.1, -0.05) is 37.1 Å². The number of urea groups is 1. The quantitative estimate of drug-likeness (QED) is 0.0500. The normalized spacial score (nSPS) is 18.2. The van der Waals surface area contributed by atoms with Crippen molar-refractivity contribution in [2.75, 3.05) is 46.9 Å². The third kappa shape index (κ3) is 15.3. The lowest BCUT2D eigenvalue weighted by Crippen LogP contribution is -2.56. The van der Waals surface area contributed by atoms with Crippen LogP contribution >= 0.6 is 0 Å². The third-order valence-corrected chi connectivity index (χ3v) is 21.5. The van der Waals surface area contributed by atoms with E-state index in [4.69, 9.17) is 29.2 Å². The van der Waals surface area contributed by atoms with Gasteiger partial charge >= 0.3 is 6.03 Å². The van der Waals surface area contributed by atoms with Gasteiger partial charge in [-0.2, -0.15) is 4.39 Å². The molecule has 5 aliphatic heterocycles. The number of alkyl halides is 2. The fraction of sp³-hybridized carbons (Fsp3) is 0.306. The van der Waals surface area contributed by atoms with Crippen LogP contribution in [0.1, 0.15) is 135 Å². The molecule has 111 heavy (non-hydrogen) atoms.